The maximum absolute atomic E-state index is 13.6. The molecule has 0 atom stereocenters. The van der Waals surface area contributed by atoms with Crippen LogP contribution in [0.5, 0.6) is 0 Å². The summed E-state index contributed by atoms with van der Waals surface area (Å²) >= 11 is 0. The highest BCUT2D eigenvalue weighted by Gasteiger charge is 2.33. The van der Waals surface area contributed by atoms with Crippen LogP contribution in [0, 0.1) is 12.7 Å². The Kier molecular flexibility index (Phi) is 4.32. The molecular formula is C16H15F4N. The molecule has 112 valence electrons. The lowest BCUT2D eigenvalue weighted by Gasteiger charge is -2.12. The molecule has 2 rings (SSSR count). The van der Waals surface area contributed by atoms with Gasteiger partial charge >= 0.3 is 6.18 Å². The van der Waals surface area contributed by atoms with Crippen LogP contribution in [0.1, 0.15) is 16.7 Å². The standard InChI is InChI=1S/C16H15F4N/c1-10-7-11(9-21-2)3-5-13(10)12-4-6-14(15(17)8-12)16(18,19)20/h3-8,21H,9H2,1-2H3. The summed E-state index contributed by atoms with van der Waals surface area (Å²) in [7, 11) is 1.83. The predicted octanol–water partition coefficient (Wildman–Crippen LogP) is 4.54. The summed E-state index contributed by atoms with van der Waals surface area (Å²) < 4.78 is 51.3. The quantitative estimate of drug-likeness (QED) is 0.820. The second-order valence-electron chi connectivity index (χ2n) is 4.87. The molecule has 0 fully saturated rings. The fourth-order valence-corrected chi connectivity index (χ4v) is 2.28. The minimum Gasteiger partial charge on any atom is -0.316 e. The van der Waals surface area contributed by atoms with E-state index in [0.29, 0.717) is 12.1 Å². The first-order valence-corrected chi connectivity index (χ1v) is 6.44. The van der Waals surface area contributed by atoms with Gasteiger partial charge in [0.05, 0.1) is 5.56 Å². The van der Waals surface area contributed by atoms with Gasteiger partial charge < -0.3 is 5.32 Å². The normalized spacial score (nSPS) is 11.7. The third-order valence-corrected chi connectivity index (χ3v) is 3.26. The maximum atomic E-state index is 13.6. The predicted molar refractivity (Wildman–Crippen MR) is 74.3 cm³/mol. The van der Waals surface area contributed by atoms with E-state index in [1.807, 2.05) is 26.1 Å². The molecule has 0 unspecified atom stereocenters. The topological polar surface area (TPSA) is 12.0 Å². The van der Waals surface area contributed by atoms with Crippen LogP contribution < -0.4 is 5.32 Å². The van der Waals surface area contributed by atoms with Gasteiger partial charge in [0.15, 0.2) is 0 Å². The van der Waals surface area contributed by atoms with Crippen molar-refractivity contribution in [2.24, 2.45) is 0 Å². The highest BCUT2D eigenvalue weighted by Crippen LogP contribution is 2.34. The van der Waals surface area contributed by atoms with Crippen molar-refractivity contribution in [1.82, 2.24) is 5.32 Å². The molecule has 21 heavy (non-hydrogen) atoms. The van der Waals surface area contributed by atoms with Gasteiger partial charge in [-0.3, -0.25) is 0 Å². The van der Waals surface area contributed by atoms with E-state index in [-0.39, 0.29) is 0 Å². The number of hydrogen-bond acceptors (Lipinski definition) is 1. The van der Waals surface area contributed by atoms with E-state index in [1.54, 1.807) is 6.07 Å². The van der Waals surface area contributed by atoms with Crippen molar-refractivity contribution in [2.75, 3.05) is 7.05 Å². The molecule has 0 aliphatic carbocycles. The first-order chi connectivity index (χ1) is 9.82. The van der Waals surface area contributed by atoms with Gasteiger partial charge in [-0.15, -0.1) is 0 Å². The number of alkyl halides is 3. The summed E-state index contributed by atoms with van der Waals surface area (Å²) in [6.07, 6.45) is -4.67. The molecule has 0 heterocycles. The Morgan fingerprint density at radius 2 is 1.76 bits per heavy atom. The van der Waals surface area contributed by atoms with Gasteiger partial charge in [-0.25, -0.2) is 4.39 Å². The lowest BCUT2D eigenvalue weighted by atomic mass is 9.97. The Morgan fingerprint density at radius 1 is 1.05 bits per heavy atom. The van der Waals surface area contributed by atoms with Crippen LogP contribution in [-0.4, -0.2) is 7.05 Å². The van der Waals surface area contributed by atoms with Gasteiger partial charge in [0.2, 0.25) is 0 Å². The molecule has 0 spiro atoms. The summed E-state index contributed by atoms with van der Waals surface area (Å²) in [4.78, 5) is 0. The van der Waals surface area contributed by atoms with E-state index < -0.39 is 17.6 Å². The minimum absolute atomic E-state index is 0.439. The van der Waals surface area contributed by atoms with Crippen molar-refractivity contribution < 1.29 is 17.6 Å². The number of aryl methyl sites for hydroxylation is 1. The highest BCUT2D eigenvalue weighted by molar-refractivity contribution is 5.68. The fraction of sp³-hybridized carbons (Fsp3) is 0.250. The number of rotatable bonds is 3. The van der Waals surface area contributed by atoms with Crippen molar-refractivity contribution in [3.63, 3.8) is 0 Å². The van der Waals surface area contributed by atoms with Crippen molar-refractivity contribution in [2.45, 2.75) is 19.6 Å². The Hall–Kier alpha value is -1.88. The fourth-order valence-electron chi connectivity index (χ4n) is 2.28. The number of nitrogens with one attached hydrogen (secondary N) is 1. The smallest absolute Gasteiger partial charge is 0.316 e. The molecule has 0 aliphatic rings. The van der Waals surface area contributed by atoms with Crippen LogP contribution in [-0.2, 0) is 12.7 Å². The summed E-state index contributed by atoms with van der Waals surface area (Å²) in [5, 5.41) is 3.02. The molecule has 1 nitrogen and oxygen atoms in total. The van der Waals surface area contributed by atoms with Gasteiger partial charge in [-0.05, 0) is 48.4 Å². The van der Waals surface area contributed by atoms with Crippen molar-refractivity contribution in [1.29, 1.82) is 0 Å². The van der Waals surface area contributed by atoms with Gasteiger partial charge in [0, 0.05) is 6.54 Å². The molecule has 2 aromatic carbocycles. The number of hydrogen-bond donors (Lipinski definition) is 1. The Balaban J connectivity index is 2.41. The van der Waals surface area contributed by atoms with Crippen LogP contribution in [0.4, 0.5) is 17.6 Å². The SMILES string of the molecule is CNCc1ccc(-c2ccc(C(F)(F)F)c(F)c2)c(C)c1. The summed E-state index contributed by atoms with van der Waals surface area (Å²) in [5.41, 5.74) is 1.88. The van der Waals surface area contributed by atoms with E-state index in [4.69, 9.17) is 0 Å². The largest absolute Gasteiger partial charge is 0.419 e. The van der Waals surface area contributed by atoms with E-state index in [9.17, 15) is 17.6 Å². The van der Waals surface area contributed by atoms with Crippen LogP contribution in [0.3, 0.4) is 0 Å². The zero-order valence-corrected chi connectivity index (χ0v) is 11.7. The summed E-state index contributed by atoms with van der Waals surface area (Å²) in [6, 6.07) is 8.61. The van der Waals surface area contributed by atoms with Crippen LogP contribution in [0.2, 0.25) is 0 Å². The Labute approximate surface area is 120 Å². The molecule has 0 saturated carbocycles. The maximum Gasteiger partial charge on any atom is 0.419 e. The van der Waals surface area contributed by atoms with Gasteiger partial charge in [-0.2, -0.15) is 13.2 Å². The van der Waals surface area contributed by atoms with Crippen LogP contribution >= 0.6 is 0 Å². The average Bonchev–Trinajstić information content (AvgIpc) is 2.37. The zero-order valence-electron chi connectivity index (χ0n) is 11.7. The van der Waals surface area contributed by atoms with Crippen LogP contribution in [0.15, 0.2) is 36.4 Å². The van der Waals surface area contributed by atoms with Crippen molar-refractivity contribution in [3.05, 3.63) is 58.9 Å². The molecule has 0 amide bonds. The van der Waals surface area contributed by atoms with Gasteiger partial charge in [-0.1, -0.05) is 24.3 Å². The molecule has 0 radical (unpaired) electrons. The lowest BCUT2D eigenvalue weighted by Crippen LogP contribution is -2.08. The Morgan fingerprint density at radius 3 is 2.29 bits per heavy atom. The van der Waals surface area contributed by atoms with Gasteiger partial charge in [0.1, 0.15) is 5.82 Å². The average molecular weight is 297 g/mol. The molecule has 2 aromatic rings. The Bertz CT molecular complexity index is 647. The lowest BCUT2D eigenvalue weighted by molar-refractivity contribution is -0.139. The summed E-state index contributed by atoms with van der Waals surface area (Å²) in [5.74, 6) is -1.25. The number of benzene rings is 2. The highest BCUT2D eigenvalue weighted by atomic mass is 19.4. The van der Waals surface area contributed by atoms with Gasteiger partial charge in [0.25, 0.3) is 0 Å². The third kappa shape index (κ3) is 3.42. The second kappa shape index (κ2) is 5.85. The molecule has 0 bridgehead atoms. The molecule has 5 heteroatoms. The monoisotopic (exact) mass is 297 g/mol. The molecular weight excluding hydrogens is 282 g/mol. The first-order valence-electron chi connectivity index (χ1n) is 6.44. The first kappa shape index (κ1) is 15.5. The van der Waals surface area contributed by atoms with Crippen molar-refractivity contribution in [3.8, 4) is 11.1 Å². The summed E-state index contributed by atoms with van der Waals surface area (Å²) in [6.45, 7) is 2.55. The molecule has 0 aromatic heterocycles. The third-order valence-electron chi connectivity index (χ3n) is 3.26. The molecule has 0 aliphatic heterocycles. The minimum atomic E-state index is -4.67. The van der Waals surface area contributed by atoms with E-state index in [1.165, 1.54) is 6.07 Å². The molecule has 1 N–H and O–H groups in total. The van der Waals surface area contributed by atoms with E-state index >= 15 is 0 Å². The van der Waals surface area contributed by atoms with Crippen molar-refractivity contribution >= 4 is 0 Å². The molecule has 0 saturated heterocycles. The number of halogens is 4. The van der Waals surface area contributed by atoms with E-state index in [0.717, 1.165) is 28.8 Å². The van der Waals surface area contributed by atoms with E-state index in [2.05, 4.69) is 5.32 Å². The zero-order chi connectivity index (χ0) is 15.6. The second-order valence-corrected chi connectivity index (χ2v) is 4.87. The van der Waals surface area contributed by atoms with Crippen LogP contribution in [0.25, 0.3) is 11.1 Å².